The zero-order valence-electron chi connectivity index (χ0n) is 14.5. The van der Waals surface area contributed by atoms with Crippen molar-refractivity contribution in [3.05, 3.63) is 47.8 Å². The Hall–Kier alpha value is -3.06. The fourth-order valence-electron chi connectivity index (χ4n) is 3.08. The molecule has 1 aliphatic heterocycles. The van der Waals surface area contributed by atoms with Gasteiger partial charge in [0.25, 0.3) is 0 Å². The molecule has 2 aromatic carbocycles. The number of anilines is 1. The SMILES string of the molecule is O=C(CCN1C(=O)CCC1=O)Nc1nc(-c2ccc3ccccc3c2)cs1. The molecule has 0 bridgehead atoms. The first kappa shape index (κ1) is 17.4. The van der Waals surface area contributed by atoms with Crippen molar-refractivity contribution < 1.29 is 14.4 Å². The van der Waals surface area contributed by atoms with Crippen LogP contribution in [0.15, 0.2) is 47.8 Å². The fourth-order valence-corrected chi connectivity index (χ4v) is 3.82. The number of hydrogen-bond donors (Lipinski definition) is 1. The molecule has 1 fully saturated rings. The van der Waals surface area contributed by atoms with Crippen LogP contribution in [0.5, 0.6) is 0 Å². The van der Waals surface area contributed by atoms with Crippen LogP contribution in [0.4, 0.5) is 5.13 Å². The van der Waals surface area contributed by atoms with Crippen molar-refractivity contribution in [1.82, 2.24) is 9.88 Å². The maximum atomic E-state index is 12.1. The summed E-state index contributed by atoms with van der Waals surface area (Å²) in [5.74, 6) is -0.678. The number of carbonyl (C=O) groups excluding carboxylic acids is 3. The molecule has 0 radical (unpaired) electrons. The van der Waals surface area contributed by atoms with Crippen LogP contribution in [0.1, 0.15) is 19.3 Å². The average Bonchev–Trinajstić information content (AvgIpc) is 3.26. The van der Waals surface area contributed by atoms with Crippen molar-refractivity contribution in [2.75, 3.05) is 11.9 Å². The summed E-state index contributed by atoms with van der Waals surface area (Å²) in [4.78, 5) is 40.9. The van der Waals surface area contributed by atoms with Gasteiger partial charge in [-0.05, 0) is 16.8 Å². The van der Waals surface area contributed by atoms with E-state index in [0.717, 1.165) is 26.9 Å². The number of carbonyl (C=O) groups is 3. The molecule has 3 amide bonds. The van der Waals surface area contributed by atoms with Crippen LogP contribution in [-0.2, 0) is 14.4 Å². The minimum absolute atomic E-state index is 0.0718. The summed E-state index contributed by atoms with van der Waals surface area (Å²) in [5.41, 5.74) is 1.78. The summed E-state index contributed by atoms with van der Waals surface area (Å²) in [6.07, 6.45) is 0.548. The molecule has 1 N–H and O–H groups in total. The lowest BCUT2D eigenvalue weighted by atomic mass is 10.1. The van der Waals surface area contributed by atoms with Crippen molar-refractivity contribution in [1.29, 1.82) is 0 Å². The average molecular weight is 379 g/mol. The number of likely N-dealkylation sites (tertiary alicyclic amines) is 1. The van der Waals surface area contributed by atoms with E-state index in [1.54, 1.807) is 0 Å². The van der Waals surface area contributed by atoms with Gasteiger partial charge in [-0.3, -0.25) is 19.3 Å². The highest BCUT2D eigenvalue weighted by Crippen LogP contribution is 2.27. The normalized spacial score (nSPS) is 14.1. The van der Waals surface area contributed by atoms with Crippen LogP contribution in [0, 0.1) is 0 Å². The fraction of sp³-hybridized carbons (Fsp3) is 0.200. The number of fused-ring (bicyclic) bond motifs is 1. The highest BCUT2D eigenvalue weighted by atomic mass is 32.1. The smallest absolute Gasteiger partial charge is 0.229 e. The van der Waals surface area contributed by atoms with Gasteiger partial charge in [0, 0.05) is 36.8 Å². The van der Waals surface area contributed by atoms with Crippen molar-refractivity contribution in [3.63, 3.8) is 0 Å². The molecule has 1 aliphatic rings. The number of nitrogens with zero attached hydrogens (tertiary/aromatic N) is 2. The van der Waals surface area contributed by atoms with Gasteiger partial charge in [0.15, 0.2) is 5.13 Å². The van der Waals surface area contributed by atoms with Crippen LogP contribution in [0.3, 0.4) is 0 Å². The number of thiazole rings is 1. The number of hydrogen-bond acceptors (Lipinski definition) is 5. The number of nitrogens with one attached hydrogen (secondary N) is 1. The summed E-state index contributed by atoms with van der Waals surface area (Å²) in [7, 11) is 0. The first-order chi connectivity index (χ1) is 13.1. The minimum Gasteiger partial charge on any atom is -0.302 e. The Morgan fingerprint density at radius 1 is 1.07 bits per heavy atom. The summed E-state index contributed by atoms with van der Waals surface area (Å²) >= 11 is 1.35. The third-order valence-electron chi connectivity index (χ3n) is 4.51. The predicted molar refractivity (Wildman–Crippen MR) is 104 cm³/mol. The third-order valence-corrected chi connectivity index (χ3v) is 5.27. The quantitative estimate of drug-likeness (QED) is 0.689. The van der Waals surface area contributed by atoms with Crippen LogP contribution in [0.2, 0.25) is 0 Å². The first-order valence-electron chi connectivity index (χ1n) is 8.68. The molecule has 1 aromatic heterocycles. The van der Waals surface area contributed by atoms with Crippen molar-refractivity contribution in [3.8, 4) is 11.3 Å². The minimum atomic E-state index is -0.262. The van der Waals surface area contributed by atoms with E-state index in [-0.39, 0.29) is 43.5 Å². The molecule has 1 saturated heterocycles. The van der Waals surface area contributed by atoms with Gasteiger partial charge in [0.05, 0.1) is 5.69 Å². The zero-order valence-corrected chi connectivity index (χ0v) is 15.3. The van der Waals surface area contributed by atoms with Gasteiger partial charge in [-0.25, -0.2) is 4.98 Å². The van der Waals surface area contributed by atoms with Gasteiger partial charge in [-0.2, -0.15) is 0 Å². The van der Waals surface area contributed by atoms with Gasteiger partial charge >= 0.3 is 0 Å². The van der Waals surface area contributed by atoms with E-state index in [1.807, 2.05) is 29.6 Å². The molecule has 0 aliphatic carbocycles. The van der Waals surface area contributed by atoms with Gasteiger partial charge in [0.1, 0.15) is 0 Å². The van der Waals surface area contributed by atoms with Crippen LogP contribution < -0.4 is 5.32 Å². The van der Waals surface area contributed by atoms with E-state index >= 15 is 0 Å². The van der Waals surface area contributed by atoms with Crippen molar-refractivity contribution in [2.45, 2.75) is 19.3 Å². The molecule has 27 heavy (non-hydrogen) atoms. The molecule has 0 saturated carbocycles. The molecular weight excluding hydrogens is 362 g/mol. The van der Waals surface area contributed by atoms with E-state index in [9.17, 15) is 14.4 Å². The van der Waals surface area contributed by atoms with Gasteiger partial charge in [-0.1, -0.05) is 36.4 Å². The van der Waals surface area contributed by atoms with Gasteiger partial charge in [-0.15, -0.1) is 11.3 Å². The second-order valence-electron chi connectivity index (χ2n) is 6.34. The molecule has 4 rings (SSSR count). The highest BCUT2D eigenvalue weighted by molar-refractivity contribution is 7.14. The third kappa shape index (κ3) is 3.73. The monoisotopic (exact) mass is 379 g/mol. The van der Waals surface area contributed by atoms with Gasteiger partial charge in [0.2, 0.25) is 17.7 Å². The van der Waals surface area contributed by atoms with Crippen LogP contribution in [0.25, 0.3) is 22.0 Å². The molecule has 2 heterocycles. The van der Waals surface area contributed by atoms with Crippen LogP contribution in [-0.4, -0.2) is 34.2 Å². The molecule has 0 spiro atoms. The van der Waals surface area contributed by atoms with E-state index in [0.29, 0.717) is 5.13 Å². The number of benzene rings is 2. The predicted octanol–water partition coefficient (Wildman–Crippen LogP) is 3.44. The lowest BCUT2D eigenvalue weighted by Crippen LogP contribution is -2.32. The largest absolute Gasteiger partial charge is 0.302 e. The molecule has 0 unspecified atom stereocenters. The first-order valence-corrected chi connectivity index (χ1v) is 9.56. The van der Waals surface area contributed by atoms with E-state index in [2.05, 4.69) is 28.5 Å². The lowest BCUT2D eigenvalue weighted by Gasteiger charge is -2.12. The van der Waals surface area contributed by atoms with Gasteiger partial charge < -0.3 is 5.32 Å². The van der Waals surface area contributed by atoms with Crippen molar-refractivity contribution in [2.24, 2.45) is 0 Å². The second-order valence-corrected chi connectivity index (χ2v) is 7.20. The Morgan fingerprint density at radius 2 is 1.81 bits per heavy atom. The maximum Gasteiger partial charge on any atom is 0.229 e. The Balaban J connectivity index is 1.40. The van der Waals surface area contributed by atoms with Crippen molar-refractivity contribution >= 4 is 45.0 Å². The molecule has 136 valence electrons. The number of aromatic nitrogens is 1. The highest BCUT2D eigenvalue weighted by Gasteiger charge is 2.28. The Labute approximate surface area is 159 Å². The maximum absolute atomic E-state index is 12.1. The van der Waals surface area contributed by atoms with E-state index < -0.39 is 0 Å². The Bertz CT molecular complexity index is 1030. The number of imide groups is 1. The Kier molecular flexibility index (Phi) is 4.68. The molecule has 6 nitrogen and oxygen atoms in total. The van der Waals surface area contributed by atoms with E-state index in [4.69, 9.17) is 0 Å². The van der Waals surface area contributed by atoms with E-state index in [1.165, 1.54) is 11.3 Å². The molecule has 0 atom stereocenters. The zero-order chi connectivity index (χ0) is 18.8. The standard InChI is InChI=1S/C20H17N3O3S/c24-17(9-10-23-18(25)7-8-19(23)26)22-20-21-16(12-27-20)15-6-5-13-3-1-2-4-14(13)11-15/h1-6,11-12H,7-10H2,(H,21,22,24). The van der Waals surface area contributed by atoms with Crippen LogP contribution >= 0.6 is 11.3 Å². The summed E-state index contributed by atoms with van der Waals surface area (Å²) in [6, 6.07) is 14.2. The summed E-state index contributed by atoms with van der Waals surface area (Å²) in [5, 5.41) is 7.44. The number of rotatable bonds is 5. The summed E-state index contributed by atoms with van der Waals surface area (Å²) < 4.78 is 0. The molecule has 3 aromatic rings. The molecule has 7 heteroatoms. The number of amides is 3. The summed E-state index contributed by atoms with van der Waals surface area (Å²) in [6.45, 7) is 0.117. The molecular formula is C20H17N3O3S. The second kappa shape index (κ2) is 7.28. The Morgan fingerprint density at radius 3 is 2.59 bits per heavy atom. The lowest BCUT2D eigenvalue weighted by molar-refractivity contribution is -0.138. The topological polar surface area (TPSA) is 79.4 Å².